The maximum atomic E-state index is 12.9. The van der Waals surface area contributed by atoms with Gasteiger partial charge in [0.05, 0.1) is 12.8 Å². The molecule has 3 N–H and O–H groups in total. The highest BCUT2D eigenvalue weighted by molar-refractivity contribution is 7.89. The lowest BCUT2D eigenvalue weighted by molar-refractivity contribution is -0.118. The van der Waals surface area contributed by atoms with Crippen LogP contribution in [0.5, 0.6) is 11.5 Å². The van der Waals surface area contributed by atoms with Crippen LogP contribution in [0.15, 0.2) is 17.0 Å². The summed E-state index contributed by atoms with van der Waals surface area (Å²) in [5.74, 6) is -0.00417. The lowest BCUT2D eigenvalue weighted by Gasteiger charge is -2.31. The Bertz CT molecular complexity index is 764. The first-order valence-corrected chi connectivity index (χ1v) is 9.71. The van der Waals surface area contributed by atoms with Gasteiger partial charge in [0, 0.05) is 24.8 Å². The van der Waals surface area contributed by atoms with Crippen LogP contribution in [-0.4, -0.2) is 45.8 Å². The monoisotopic (exact) mass is 370 g/mol. The van der Waals surface area contributed by atoms with Crippen molar-refractivity contribution in [3.63, 3.8) is 0 Å². The maximum Gasteiger partial charge on any atom is 0.262 e. The lowest BCUT2D eigenvalue weighted by Crippen LogP contribution is -2.43. The highest BCUT2D eigenvalue weighted by atomic mass is 32.2. The quantitative estimate of drug-likeness (QED) is 0.708. The largest absolute Gasteiger partial charge is 0.495 e. The second-order valence-electron chi connectivity index (χ2n) is 6.29. The summed E-state index contributed by atoms with van der Waals surface area (Å²) in [6.45, 7) is -0.217. The lowest BCUT2D eigenvalue weighted by atomic mass is 9.86. The van der Waals surface area contributed by atoms with Crippen LogP contribution in [0.1, 0.15) is 25.7 Å². The standard InChI is InChI=1S/C16H22N2O6S/c1-23-14-6-12-13(24-9-16(20)17-12)7-15(14)25(21,22)18-11-5-3-2-4-10(11)8-19/h6-7,10-11,18-19H,2-5,8-9H2,1H3,(H,17,20)/t10-,11+/m1/s1. The summed E-state index contributed by atoms with van der Waals surface area (Å²) >= 11 is 0. The van der Waals surface area contributed by atoms with E-state index in [0.29, 0.717) is 12.1 Å². The fourth-order valence-electron chi connectivity index (χ4n) is 3.30. The first-order chi connectivity index (χ1) is 11.9. The third-order valence-corrected chi connectivity index (χ3v) is 6.15. The van der Waals surface area contributed by atoms with Crippen molar-refractivity contribution >= 4 is 21.6 Å². The molecule has 0 spiro atoms. The van der Waals surface area contributed by atoms with Crippen molar-refractivity contribution in [2.45, 2.75) is 36.6 Å². The van der Waals surface area contributed by atoms with Crippen molar-refractivity contribution in [3.05, 3.63) is 12.1 Å². The van der Waals surface area contributed by atoms with Gasteiger partial charge in [0.2, 0.25) is 10.0 Å². The molecular weight excluding hydrogens is 348 g/mol. The number of anilines is 1. The first kappa shape index (κ1) is 18.0. The van der Waals surface area contributed by atoms with Gasteiger partial charge in [-0.15, -0.1) is 0 Å². The summed E-state index contributed by atoms with van der Waals surface area (Å²) in [5, 5.41) is 12.1. The molecule has 3 rings (SSSR count). The van der Waals surface area contributed by atoms with Crippen LogP contribution >= 0.6 is 0 Å². The van der Waals surface area contributed by atoms with Crippen LogP contribution in [0.25, 0.3) is 0 Å². The van der Waals surface area contributed by atoms with Crippen LogP contribution in [0.2, 0.25) is 0 Å². The Balaban J connectivity index is 1.92. The van der Waals surface area contributed by atoms with Gasteiger partial charge < -0.3 is 19.9 Å². The minimum atomic E-state index is -3.87. The van der Waals surface area contributed by atoms with Gasteiger partial charge in [-0.3, -0.25) is 4.79 Å². The number of benzene rings is 1. The molecule has 1 aliphatic carbocycles. The number of nitrogens with one attached hydrogen (secondary N) is 2. The Morgan fingerprint density at radius 1 is 1.36 bits per heavy atom. The van der Waals surface area contributed by atoms with E-state index in [0.717, 1.165) is 19.3 Å². The number of rotatable bonds is 5. The second-order valence-corrected chi connectivity index (χ2v) is 7.97. The van der Waals surface area contributed by atoms with Gasteiger partial charge in [-0.05, 0) is 18.8 Å². The smallest absolute Gasteiger partial charge is 0.262 e. The normalized spacial score (nSPS) is 23.4. The zero-order chi connectivity index (χ0) is 18.0. The first-order valence-electron chi connectivity index (χ1n) is 8.22. The fourth-order valence-corrected chi connectivity index (χ4v) is 4.81. The number of hydrogen-bond acceptors (Lipinski definition) is 6. The van der Waals surface area contributed by atoms with Gasteiger partial charge in [-0.2, -0.15) is 0 Å². The van der Waals surface area contributed by atoms with Crippen molar-refractivity contribution in [2.75, 3.05) is 25.6 Å². The predicted molar refractivity (Wildman–Crippen MR) is 90.3 cm³/mol. The third kappa shape index (κ3) is 3.73. The summed E-state index contributed by atoms with van der Waals surface area (Å²) in [6.07, 6.45) is 3.38. The molecule has 0 saturated heterocycles. The van der Waals surface area contributed by atoms with Gasteiger partial charge in [0.25, 0.3) is 5.91 Å². The summed E-state index contributed by atoms with van der Waals surface area (Å²) in [6, 6.07) is 2.48. The molecule has 1 amide bonds. The molecular formula is C16H22N2O6S. The van der Waals surface area contributed by atoms with E-state index in [2.05, 4.69) is 10.0 Å². The molecule has 9 heteroatoms. The Labute approximate surface area is 146 Å². The zero-order valence-corrected chi connectivity index (χ0v) is 14.8. The van der Waals surface area contributed by atoms with Gasteiger partial charge in [0.1, 0.15) is 16.4 Å². The number of ether oxygens (including phenoxy) is 2. The van der Waals surface area contributed by atoms with Crippen LogP contribution in [0.3, 0.4) is 0 Å². The average Bonchev–Trinajstić information content (AvgIpc) is 2.60. The van der Waals surface area contributed by atoms with E-state index in [1.165, 1.54) is 19.2 Å². The second kappa shape index (κ2) is 7.19. The van der Waals surface area contributed by atoms with E-state index in [1.54, 1.807) is 0 Å². The van der Waals surface area contributed by atoms with Crippen LogP contribution in [0, 0.1) is 5.92 Å². The summed E-state index contributed by atoms with van der Waals surface area (Å²) in [4.78, 5) is 11.4. The van der Waals surface area contributed by atoms with Gasteiger partial charge in [0.15, 0.2) is 6.61 Å². The van der Waals surface area contributed by atoms with Crippen molar-refractivity contribution in [2.24, 2.45) is 5.92 Å². The van der Waals surface area contributed by atoms with E-state index >= 15 is 0 Å². The van der Waals surface area contributed by atoms with E-state index in [4.69, 9.17) is 9.47 Å². The molecule has 1 aromatic carbocycles. The van der Waals surface area contributed by atoms with Crippen LogP contribution < -0.4 is 19.5 Å². The number of carbonyl (C=O) groups is 1. The molecule has 1 aromatic rings. The molecule has 1 heterocycles. The van der Waals surface area contributed by atoms with Crippen LogP contribution in [0.4, 0.5) is 5.69 Å². The van der Waals surface area contributed by atoms with Crippen molar-refractivity contribution in [1.82, 2.24) is 4.72 Å². The minimum absolute atomic E-state index is 0.0489. The molecule has 8 nitrogen and oxygen atoms in total. The molecule has 0 radical (unpaired) electrons. The van der Waals surface area contributed by atoms with Gasteiger partial charge >= 0.3 is 0 Å². The maximum absolute atomic E-state index is 12.9. The minimum Gasteiger partial charge on any atom is -0.495 e. The van der Waals surface area contributed by atoms with Crippen molar-refractivity contribution in [3.8, 4) is 11.5 Å². The number of carbonyl (C=O) groups excluding carboxylic acids is 1. The topological polar surface area (TPSA) is 114 Å². The molecule has 1 fully saturated rings. The van der Waals surface area contributed by atoms with E-state index < -0.39 is 10.0 Å². The number of aliphatic hydroxyl groups excluding tert-OH is 1. The number of methoxy groups -OCH3 is 1. The van der Waals surface area contributed by atoms with Gasteiger partial charge in [-0.25, -0.2) is 13.1 Å². The summed E-state index contributed by atoms with van der Waals surface area (Å²) in [5.41, 5.74) is 0.373. The highest BCUT2D eigenvalue weighted by Gasteiger charge is 2.32. The Kier molecular flexibility index (Phi) is 5.16. The van der Waals surface area contributed by atoms with E-state index in [9.17, 15) is 18.3 Å². The Morgan fingerprint density at radius 3 is 2.84 bits per heavy atom. The molecule has 138 valence electrons. The zero-order valence-electron chi connectivity index (χ0n) is 13.9. The predicted octanol–water partition coefficient (Wildman–Crippen LogP) is 0.855. The number of hydrogen-bond donors (Lipinski definition) is 3. The Hall–Kier alpha value is -1.84. The highest BCUT2D eigenvalue weighted by Crippen LogP contribution is 2.37. The van der Waals surface area contributed by atoms with Crippen molar-refractivity contribution in [1.29, 1.82) is 0 Å². The number of aliphatic hydroxyl groups is 1. The Morgan fingerprint density at radius 2 is 2.12 bits per heavy atom. The molecule has 25 heavy (non-hydrogen) atoms. The molecule has 0 bridgehead atoms. The van der Waals surface area contributed by atoms with Gasteiger partial charge in [-0.1, -0.05) is 12.8 Å². The van der Waals surface area contributed by atoms with Crippen molar-refractivity contribution < 1.29 is 27.8 Å². The van der Waals surface area contributed by atoms with E-state index in [1.807, 2.05) is 0 Å². The number of fused-ring (bicyclic) bond motifs is 1. The fraction of sp³-hybridized carbons (Fsp3) is 0.562. The SMILES string of the molecule is COc1cc2c(cc1S(=O)(=O)N[C@H]1CCCC[C@@H]1CO)OCC(=O)N2. The third-order valence-electron chi connectivity index (χ3n) is 4.64. The number of amides is 1. The average molecular weight is 370 g/mol. The summed E-state index contributed by atoms with van der Waals surface area (Å²) in [7, 11) is -2.51. The molecule has 2 atom stereocenters. The summed E-state index contributed by atoms with van der Waals surface area (Å²) < 4.78 is 38.9. The molecule has 1 saturated carbocycles. The molecule has 1 aliphatic heterocycles. The molecule has 0 aromatic heterocycles. The van der Waals surface area contributed by atoms with Crippen LogP contribution in [-0.2, 0) is 14.8 Å². The molecule has 2 aliphatic rings. The molecule has 0 unspecified atom stereocenters. The number of sulfonamides is 1. The van der Waals surface area contributed by atoms with E-state index in [-0.39, 0.29) is 47.5 Å².